The molecule has 2 heterocycles. The number of fused-ring (bicyclic) bond motifs is 7. The average molecular weight is 647 g/mol. The Labute approximate surface area is 287 Å². The van der Waals surface area contributed by atoms with Crippen molar-refractivity contribution in [2.75, 3.05) is 5.43 Å². The molecule has 0 fully saturated rings. The van der Waals surface area contributed by atoms with Crippen LogP contribution in [-0.4, -0.2) is 16.3 Å². The van der Waals surface area contributed by atoms with E-state index in [4.69, 9.17) is 10.4 Å². The lowest BCUT2D eigenvalue weighted by Crippen LogP contribution is -2.25. The molecule has 0 aliphatic carbocycles. The van der Waals surface area contributed by atoms with Gasteiger partial charge in [0.1, 0.15) is 0 Å². The first-order valence-corrected chi connectivity index (χ1v) is 17.1. The highest BCUT2D eigenvalue weighted by atomic mass is 32.1. The van der Waals surface area contributed by atoms with E-state index in [-0.39, 0.29) is 5.84 Å². The SMILES string of the molecule is N=C(N=C(Nn1c2cc(-c3ccccc3)ccc2c2c3sc4c(-c5ccccc5)cccc4c3ccc21)c1ccccc1)c1ccccc1. The Balaban J connectivity index is 1.31. The highest BCUT2D eigenvalue weighted by molar-refractivity contribution is 7.27. The van der Waals surface area contributed by atoms with Crippen molar-refractivity contribution in [2.24, 2.45) is 4.99 Å². The van der Waals surface area contributed by atoms with E-state index in [1.165, 1.54) is 36.7 Å². The van der Waals surface area contributed by atoms with E-state index in [0.29, 0.717) is 5.84 Å². The Kier molecular flexibility index (Phi) is 7.11. The van der Waals surface area contributed by atoms with Crippen molar-refractivity contribution >= 4 is 65.0 Å². The Bertz CT molecular complexity index is 2670. The lowest BCUT2D eigenvalue weighted by atomic mass is 10.0. The number of hydrogen-bond acceptors (Lipinski definition) is 2. The van der Waals surface area contributed by atoms with E-state index in [9.17, 15) is 0 Å². The first kappa shape index (κ1) is 28.9. The number of rotatable bonds is 5. The van der Waals surface area contributed by atoms with Crippen LogP contribution in [0.25, 0.3) is 64.2 Å². The van der Waals surface area contributed by atoms with Gasteiger partial charge in [0.05, 0.1) is 11.0 Å². The summed E-state index contributed by atoms with van der Waals surface area (Å²) in [5.74, 6) is 0.791. The number of benzene rings is 7. The van der Waals surface area contributed by atoms with Crippen LogP contribution in [0.3, 0.4) is 0 Å². The quantitative estimate of drug-likeness (QED) is 0.142. The molecule has 7 aromatic carbocycles. The maximum atomic E-state index is 8.94. The molecular formula is C44H30N4S. The highest BCUT2D eigenvalue weighted by Gasteiger charge is 2.20. The van der Waals surface area contributed by atoms with E-state index >= 15 is 0 Å². The van der Waals surface area contributed by atoms with Crippen LogP contribution in [0.1, 0.15) is 11.1 Å². The van der Waals surface area contributed by atoms with Crippen LogP contribution >= 0.6 is 11.3 Å². The van der Waals surface area contributed by atoms with E-state index in [1.54, 1.807) is 0 Å². The lowest BCUT2D eigenvalue weighted by molar-refractivity contribution is 1.08. The molecule has 2 aromatic heterocycles. The third kappa shape index (κ3) is 5.08. The van der Waals surface area contributed by atoms with Gasteiger partial charge in [-0.05, 0) is 34.4 Å². The Morgan fingerprint density at radius 3 is 1.84 bits per heavy atom. The molecule has 0 spiro atoms. The molecule has 0 amide bonds. The van der Waals surface area contributed by atoms with E-state index in [1.807, 2.05) is 78.1 Å². The van der Waals surface area contributed by atoms with Crippen LogP contribution in [0.5, 0.6) is 0 Å². The number of aliphatic imine (C=N–C) groups is 1. The summed E-state index contributed by atoms with van der Waals surface area (Å²) in [5.41, 5.74) is 12.2. The molecule has 4 nitrogen and oxygen atoms in total. The second-order valence-corrected chi connectivity index (χ2v) is 13.1. The summed E-state index contributed by atoms with van der Waals surface area (Å²) in [4.78, 5) is 4.90. The average Bonchev–Trinajstić information content (AvgIpc) is 3.71. The molecule has 5 heteroatoms. The van der Waals surface area contributed by atoms with Crippen molar-refractivity contribution in [3.05, 3.63) is 181 Å². The summed E-state index contributed by atoms with van der Waals surface area (Å²) in [7, 11) is 0. The summed E-state index contributed by atoms with van der Waals surface area (Å²) >= 11 is 1.86. The molecule has 49 heavy (non-hydrogen) atoms. The number of hydrogen-bond donors (Lipinski definition) is 2. The monoisotopic (exact) mass is 646 g/mol. The van der Waals surface area contributed by atoms with Crippen LogP contribution in [0.4, 0.5) is 0 Å². The normalized spacial score (nSPS) is 11.9. The first-order chi connectivity index (χ1) is 24.2. The van der Waals surface area contributed by atoms with Crippen molar-refractivity contribution in [1.82, 2.24) is 4.68 Å². The summed E-state index contributed by atoms with van der Waals surface area (Å²) in [6.07, 6.45) is 0. The molecule has 0 radical (unpaired) electrons. The van der Waals surface area contributed by atoms with Gasteiger partial charge in [0.15, 0.2) is 11.7 Å². The topological polar surface area (TPSA) is 53.2 Å². The third-order valence-corrected chi connectivity index (χ3v) is 10.4. The minimum atomic E-state index is 0.193. The second-order valence-electron chi connectivity index (χ2n) is 12.1. The number of nitrogens with zero attached hydrogens (tertiary/aromatic N) is 2. The summed E-state index contributed by atoms with van der Waals surface area (Å²) in [6.45, 7) is 0. The second kappa shape index (κ2) is 12.1. The fourth-order valence-corrected chi connectivity index (χ4v) is 8.15. The Hall–Kier alpha value is -6.30. The van der Waals surface area contributed by atoms with Crippen LogP contribution in [0.2, 0.25) is 0 Å². The maximum Gasteiger partial charge on any atom is 0.154 e. The molecule has 9 rings (SSSR count). The minimum absolute atomic E-state index is 0.193. The van der Waals surface area contributed by atoms with Gasteiger partial charge in [-0.1, -0.05) is 158 Å². The maximum absolute atomic E-state index is 8.94. The largest absolute Gasteiger partial charge is 0.282 e. The van der Waals surface area contributed by atoms with E-state index in [2.05, 4.69) is 113 Å². The number of aromatic nitrogens is 1. The van der Waals surface area contributed by atoms with Crippen molar-refractivity contribution < 1.29 is 0 Å². The molecular weight excluding hydrogens is 617 g/mol. The first-order valence-electron chi connectivity index (χ1n) is 16.3. The van der Waals surface area contributed by atoms with Crippen molar-refractivity contribution in [1.29, 1.82) is 5.41 Å². The predicted molar refractivity (Wildman–Crippen MR) is 209 cm³/mol. The number of amidine groups is 2. The van der Waals surface area contributed by atoms with Crippen LogP contribution in [0, 0.1) is 5.41 Å². The van der Waals surface area contributed by atoms with Crippen LogP contribution in [-0.2, 0) is 0 Å². The molecule has 0 saturated heterocycles. The lowest BCUT2D eigenvalue weighted by Gasteiger charge is -2.15. The van der Waals surface area contributed by atoms with Gasteiger partial charge in [-0.15, -0.1) is 11.3 Å². The van der Waals surface area contributed by atoms with Gasteiger partial charge in [-0.25, -0.2) is 4.99 Å². The van der Waals surface area contributed by atoms with E-state index < -0.39 is 0 Å². The zero-order chi connectivity index (χ0) is 32.7. The van der Waals surface area contributed by atoms with Crippen LogP contribution in [0.15, 0.2) is 175 Å². The van der Waals surface area contributed by atoms with Gasteiger partial charge in [0.2, 0.25) is 0 Å². The molecule has 0 atom stereocenters. The molecule has 9 aromatic rings. The fourth-order valence-electron chi connectivity index (χ4n) is 6.76. The molecule has 0 aliphatic rings. The molecule has 0 saturated carbocycles. The zero-order valence-corrected chi connectivity index (χ0v) is 27.3. The summed E-state index contributed by atoms with van der Waals surface area (Å²) in [6, 6.07) is 58.7. The molecule has 0 bridgehead atoms. The van der Waals surface area contributed by atoms with Crippen molar-refractivity contribution in [3.8, 4) is 22.3 Å². The smallest absolute Gasteiger partial charge is 0.154 e. The Morgan fingerprint density at radius 1 is 0.510 bits per heavy atom. The van der Waals surface area contributed by atoms with Crippen molar-refractivity contribution in [3.63, 3.8) is 0 Å². The number of nitrogens with one attached hydrogen (secondary N) is 2. The van der Waals surface area contributed by atoms with Gasteiger partial charge in [0.25, 0.3) is 0 Å². The van der Waals surface area contributed by atoms with Gasteiger partial charge in [-0.3, -0.25) is 15.5 Å². The van der Waals surface area contributed by atoms with E-state index in [0.717, 1.165) is 38.7 Å². The highest BCUT2D eigenvalue weighted by Crippen LogP contribution is 2.45. The summed E-state index contributed by atoms with van der Waals surface area (Å²) in [5, 5.41) is 13.8. The molecule has 2 N–H and O–H groups in total. The Morgan fingerprint density at radius 2 is 1.12 bits per heavy atom. The fraction of sp³-hybridized carbons (Fsp3) is 0. The van der Waals surface area contributed by atoms with Gasteiger partial charge in [-0.2, -0.15) is 0 Å². The molecule has 0 unspecified atom stereocenters. The standard InChI is InChI=1S/C44H30N4S/c45-43(31-18-9-3-10-19-31)46-44(32-20-11-4-12-21-32)47-48-38-27-26-36-35-23-13-22-34(30-16-7-2-8-17-30)41(35)49-42(36)40(38)37-25-24-33(28-39(37)48)29-14-5-1-6-15-29/h1-28H,(H2,45,46,47). The van der Waals surface area contributed by atoms with Gasteiger partial charge in [0, 0.05) is 42.1 Å². The molecule has 0 aliphatic heterocycles. The van der Waals surface area contributed by atoms with Gasteiger partial charge >= 0.3 is 0 Å². The predicted octanol–water partition coefficient (Wildman–Crippen LogP) is 11.5. The molecule has 232 valence electrons. The minimum Gasteiger partial charge on any atom is -0.282 e. The zero-order valence-electron chi connectivity index (χ0n) is 26.5. The van der Waals surface area contributed by atoms with Crippen molar-refractivity contribution in [2.45, 2.75) is 0 Å². The van der Waals surface area contributed by atoms with Crippen LogP contribution < -0.4 is 5.43 Å². The van der Waals surface area contributed by atoms with Gasteiger partial charge < -0.3 is 0 Å². The summed E-state index contributed by atoms with van der Waals surface area (Å²) < 4.78 is 4.70. The third-order valence-electron chi connectivity index (χ3n) is 9.12. The number of thiophene rings is 1.